The summed E-state index contributed by atoms with van der Waals surface area (Å²) >= 11 is 6.43. The lowest BCUT2D eigenvalue weighted by Gasteiger charge is -2.41. The van der Waals surface area contributed by atoms with E-state index in [-0.39, 0.29) is 18.0 Å². The highest BCUT2D eigenvalue weighted by Gasteiger charge is 2.47. The van der Waals surface area contributed by atoms with Gasteiger partial charge in [-0.05, 0) is 37.8 Å². The van der Waals surface area contributed by atoms with Crippen LogP contribution in [0, 0.1) is 0 Å². The molecule has 2 saturated heterocycles. The molecular formula is C17H23ClN2O2. The minimum absolute atomic E-state index is 0.0621. The molecule has 120 valence electrons. The van der Waals surface area contributed by atoms with Crippen molar-refractivity contribution in [2.24, 2.45) is 5.73 Å². The summed E-state index contributed by atoms with van der Waals surface area (Å²) in [4.78, 5) is 15.3. The number of benzene rings is 1. The van der Waals surface area contributed by atoms with Crippen LogP contribution in [0.25, 0.3) is 0 Å². The van der Waals surface area contributed by atoms with Crippen molar-refractivity contribution in [3.63, 3.8) is 0 Å². The zero-order valence-electron chi connectivity index (χ0n) is 12.9. The number of likely N-dealkylation sites (tertiary alicyclic amines) is 1. The number of carbonyl (C=O) groups excluding carboxylic acids is 1. The number of halogens is 1. The van der Waals surface area contributed by atoms with Gasteiger partial charge in [0.15, 0.2) is 0 Å². The quantitative estimate of drug-likeness (QED) is 0.909. The van der Waals surface area contributed by atoms with Crippen LogP contribution in [-0.2, 0) is 14.9 Å². The Morgan fingerprint density at radius 2 is 2.05 bits per heavy atom. The Bertz CT molecular complexity index is 557. The molecule has 2 atom stereocenters. The molecule has 1 aromatic rings. The zero-order chi connectivity index (χ0) is 15.7. The summed E-state index contributed by atoms with van der Waals surface area (Å²) in [5.41, 5.74) is 6.46. The van der Waals surface area contributed by atoms with E-state index < -0.39 is 5.41 Å². The lowest BCUT2D eigenvalue weighted by Crippen LogP contribution is -2.52. The van der Waals surface area contributed by atoms with Crippen molar-refractivity contribution in [1.82, 2.24) is 4.90 Å². The molecule has 2 N–H and O–H groups in total. The third kappa shape index (κ3) is 2.53. The number of ether oxygens (including phenoxy) is 1. The summed E-state index contributed by atoms with van der Waals surface area (Å²) in [5, 5.41) is 0.661. The number of hydrogen-bond donors (Lipinski definition) is 1. The third-order valence-electron chi connectivity index (χ3n) is 5.22. The van der Waals surface area contributed by atoms with Crippen molar-refractivity contribution in [3.05, 3.63) is 34.9 Å². The van der Waals surface area contributed by atoms with Gasteiger partial charge in [0.2, 0.25) is 5.91 Å². The SMILES string of the molecule is C[C@H]1[C@@H](N)CCN1C(=O)C1(c2ccccc2Cl)CCOCC1. The largest absolute Gasteiger partial charge is 0.381 e. The minimum atomic E-state index is -0.574. The lowest BCUT2D eigenvalue weighted by atomic mass is 9.72. The van der Waals surface area contributed by atoms with Crippen LogP contribution in [0.5, 0.6) is 0 Å². The second-order valence-electron chi connectivity index (χ2n) is 6.37. The highest BCUT2D eigenvalue weighted by atomic mass is 35.5. The minimum Gasteiger partial charge on any atom is -0.381 e. The molecule has 3 rings (SSSR count). The van der Waals surface area contributed by atoms with Gasteiger partial charge in [-0.25, -0.2) is 0 Å². The Balaban J connectivity index is 2.00. The number of amides is 1. The van der Waals surface area contributed by atoms with E-state index in [0.717, 1.165) is 18.5 Å². The van der Waals surface area contributed by atoms with Crippen LogP contribution in [0.15, 0.2) is 24.3 Å². The second-order valence-corrected chi connectivity index (χ2v) is 6.77. The molecule has 22 heavy (non-hydrogen) atoms. The van der Waals surface area contributed by atoms with Crippen molar-refractivity contribution >= 4 is 17.5 Å². The molecular weight excluding hydrogens is 300 g/mol. The van der Waals surface area contributed by atoms with Crippen LogP contribution in [0.2, 0.25) is 5.02 Å². The van der Waals surface area contributed by atoms with Crippen LogP contribution in [0.3, 0.4) is 0 Å². The van der Waals surface area contributed by atoms with Gasteiger partial charge in [0, 0.05) is 36.9 Å². The van der Waals surface area contributed by atoms with Crippen LogP contribution < -0.4 is 5.73 Å². The maximum absolute atomic E-state index is 13.4. The first-order valence-corrected chi connectivity index (χ1v) is 8.33. The van der Waals surface area contributed by atoms with Crippen LogP contribution in [0.4, 0.5) is 0 Å². The smallest absolute Gasteiger partial charge is 0.233 e. The lowest BCUT2D eigenvalue weighted by molar-refractivity contribution is -0.142. The van der Waals surface area contributed by atoms with E-state index in [1.165, 1.54) is 0 Å². The molecule has 2 aliphatic rings. The average molecular weight is 323 g/mol. The van der Waals surface area contributed by atoms with Gasteiger partial charge in [0.25, 0.3) is 0 Å². The van der Waals surface area contributed by atoms with Gasteiger partial charge >= 0.3 is 0 Å². The van der Waals surface area contributed by atoms with Crippen molar-refractivity contribution in [2.75, 3.05) is 19.8 Å². The molecule has 5 heteroatoms. The molecule has 0 spiro atoms. The van der Waals surface area contributed by atoms with Gasteiger partial charge in [0.05, 0.1) is 5.41 Å². The van der Waals surface area contributed by atoms with Crippen molar-refractivity contribution in [1.29, 1.82) is 0 Å². The molecule has 0 unspecified atom stereocenters. The molecule has 1 aromatic carbocycles. The molecule has 0 saturated carbocycles. The Morgan fingerprint density at radius 3 is 2.64 bits per heavy atom. The van der Waals surface area contributed by atoms with Crippen LogP contribution in [0.1, 0.15) is 31.7 Å². The van der Waals surface area contributed by atoms with Crippen molar-refractivity contribution < 1.29 is 9.53 Å². The molecule has 0 aromatic heterocycles. The standard InChI is InChI=1S/C17H23ClN2O2/c1-12-15(19)6-9-20(12)16(21)17(7-10-22-11-8-17)13-4-2-3-5-14(13)18/h2-5,12,15H,6-11,19H2,1H3/t12-,15-/m0/s1. The number of nitrogens with zero attached hydrogens (tertiary/aromatic N) is 1. The number of hydrogen-bond acceptors (Lipinski definition) is 3. The number of nitrogens with two attached hydrogens (primary N) is 1. The molecule has 1 amide bonds. The van der Waals surface area contributed by atoms with E-state index in [1.807, 2.05) is 36.1 Å². The summed E-state index contributed by atoms with van der Waals surface area (Å²) in [5.74, 6) is 0.157. The maximum atomic E-state index is 13.4. The van der Waals surface area contributed by atoms with Crippen molar-refractivity contribution in [3.8, 4) is 0 Å². The second kappa shape index (κ2) is 6.19. The van der Waals surface area contributed by atoms with Gasteiger partial charge in [-0.3, -0.25) is 4.79 Å². The number of rotatable bonds is 2. The summed E-state index contributed by atoms with van der Waals surface area (Å²) in [6, 6.07) is 7.83. The topological polar surface area (TPSA) is 55.6 Å². The van der Waals surface area contributed by atoms with E-state index in [2.05, 4.69) is 0 Å². The highest BCUT2D eigenvalue weighted by molar-refractivity contribution is 6.31. The maximum Gasteiger partial charge on any atom is 0.233 e. The van der Waals surface area contributed by atoms with Gasteiger partial charge in [0.1, 0.15) is 0 Å². The molecule has 0 aliphatic carbocycles. The summed E-state index contributed by atoms with van der Waals surface area (Å²) in [7, 11) is 0. The van der Waals surface area contributed by atoms with E-state index in [9.17, 15) is 4.79 Å². The molecule has 4 nitrogen and oxygen atoms in total. The van der Waals surface area contributed by atoms with Crippen LogP contribution in [-0.4, -0.2) is 42.6 Å². The summed E-state index contributed by atoms with van der Waals surface area (Å²) in [6.07, 6.45) is 2.21. The van der Waals surface area contributed by atoms with Gasteiger partial charge in [-0.1, -0.05) is 29.8 Å². The Hall–Kier alpha value is -1.10. The number of carbonyl (C=O) groups is 1. The first-order chi connectivity index (χ1) is 10.6. The van der Waals surface area contributed by atoms with E-state index in [4.69, 9.17) is 22.1 Å². The fraction of sp³-hybridized carbons (Fsp3) is 0.588. The normalized spacial score (nSPS) is 27.9. The average Bonchev–Trinajstić information content (AvgIpc) is 2.87. The molecule has 2 fully saturated rings. The summed E-state index contributed by atoms with van der Waals surface area (Å²) < 4.78 is 5.51. The van der Waals surface area contributed by atoms with Crippen LogP contribution >= 0.6 is 11.6 Å². The first kappa shape index (κ1) is 15.8. The first-order valence-electron chi connectivity index (χ1n) is 7.96. The highest BCUT2D eigenvalue weighted by Crippen LogP contribution is 2.41. The Labute approximate surface area is 136 Å². The predicted octanol–water partition coefficient (Wildman–Crippen LogP) is 2.34. The van der Waals surface area contributed by atoms with Crippen molar-refractivity contribution in [2.45, 2.75) is 43.7 Å². The van der Waals surface area contributed by atoms with E-state index in [1.54, 1.807) is 0 Å². The van der Waals surface area contributed by atoms with E-state index >= 15 is 0 Å². The Morgan fingerprint density at radius 1 is 1.36 bits per heavy atom. The molecule has 0 bridgehead atoms. The molecule has 0 radical (unpaired) electrons. The van der Waals surface area contributed by atoms with Gasteiger partial charge in [-0.2, -0.15) is 0 Å². The zero-order valence-corrected chi connectivity index (χ0v) is 13.7. The summed E-state index contributed by atoms with van der Waals surface area (Å²) in [6.45, 7) is 3.94. The Kier molecular flexibility index (Phi) is 4.44. The molecule has 2 heterocycles. The monoisotopic (exact) mass is 322 g/mol. The third-order valence-corrected chi connectivity index (χ3v) is 5.55. The van der Waals surface area contributed by atoms with E-state index in [0.29, 0.717) is 31.1 Å². The fourth-order valence-corrected chi connectivity index (χ4v) is 4.01. The fourth-order valence-electron chi connectivity index (χ4n) is 3.69. The predicted molar refractivity (Wildman–Crippen MR) is 87.0 cm³/mol. The molecule has 2 aliphatic heterocycles. The van der Waals surface area contributed by atoms with Gasteiger partial charge < -0.3 is 15.4 Å². The van der Waals surface area contributed by atoms with Gasteiger partial charge in [-0.15, -0.1) is 0 Å².